The molecule has 0 spiro atoms. The fraction of sp³-hybridized carbons (Fsp3) is 0. The van der Waals surface area contributed by atoms with Crippen molar-refractivity contribution in [1.29, 1.82) is 0 Å². The standard InChI is InChI=1S/C11H8BrClN2/c12-8-5-10(11(14)15-6-8)7-1-3-9(13)4-2-7/h1-6H,(H2,14,15). The van der Waals surface area contributed by atoms with Gasteiger partial charge in [0.2, 0.25) is 0 Å². The number of nitrogen functional groups attached to an aromatic ring is 1. The van der Waals surface area contributed by atoms with Crippen molar-refractivity contribution in [3.05, 3.63) is 46.0 Å². The third-order valence-electron chi connectivity index (χ3n) is 2.04. The molecule has 2 N–H and O–H groups in total. The van der Waals surface area contributed by atoms with Crippen LogP contribution in [0.15, 0.2) is 41.0 Å². The maximum atomic E-state index is 5.81. The highest BCUT2D eigenvalue weighted by atomic mass is 79.9. The number of benzene rings is 1. The predicted octanol–water partition coefficient (Wildman–Crippen LogP) is 3.75. The molecule has 0 atom stereocenters. The Labute approximate surface area is 101 Å². The zero-order valence-electron chi connectivity index (χ0n) is 7.74. The second kappa shape index (κ2) is 4.21. The average molecular weight is 284 g/mol. The van der Waals surface area contributed by atoms with Crippen molar-refractivity contribution in [1.82, 2.24) is 4.98 Å². The van der Waals surface area contributed by atoms with Crippen LogP contribution in [0.4, 0.5) is 5.82 Å². The van der Waals surface area contributed by atoms with Crippen LogP contribution in [0.3, 0.4) is 0 Å². The maximum absolute atomic E-state index is 5.81. The van der Waals surface area contributed by atoms with Gasteiger partial charge < -0.3 is 5.73 Å². The van der Waals surface area contributed by atoms with E-state index in [4.69, 9.17) is 17.3 Å². The van der Waals surface area contributed by atoms with Gasteiger partial charge in [-0.05, 0) is 39.7 Å². The SMILES string of the molecule is Nc1ncc(Br)cc1-c1ccc(Cl)cc1. The molecule has 2 nitrogen and oxygen atoms in total. The molecule has 0 radical (unpaired) electrons. The Kier molecular flexibility index (Phi) is 2.93. The quantitative estimate of drug-likeness (QED) is 0.866. The fourth-order valence-corrected chi connectivity index (χ4v) is 1.77. The highest BCUT2D eigenvalue weighted by Crippen LogP contribution is 2.27. The number of rotatable bonds is 1. The van der Waals surface area contributed by atoms with Gasteiger partial charge in [0.05, 0.1) is 0 Å². The van der Waals surface area contributed by atoms with Crippen LogP contribution >= 0.6 is 27.5 Å². The second-order valence-electron chi connectivity index (χ2n) is 3.09. The minimum Gasteiger partial charge on any atom is -0.383 e. The van der Waals surface area contributed by atoms with Crippen LogP contribution < -0.4 is 5.73 Å². The number of nitrogens with two attached hydrogens (primary N) is 1. The summed E-state index contributed by atoms with van der Waals surface area (Å²) in [7, 11) is 0. The normalized spacial score (nSPS) is 10.3. The Bertz CT molecular complexity index is 482. The van der Waals surface area contributed by atoms with Gasteiger partial charge in [0.25, 0.3) is 0 Å². The van der Waals surface area contributed by atoms with Crippen LogP contribution in [0.2, 0.25) is 5.02 Å². The lowest BCUT2D eigenvalue weighted by molar-refractivity contribution is 1.32. The summed E-state index contributed by atoms with van der Waals surface area (Å²) in [6, 6.07) is 9.43. The summed E-state index contributed by atoms with van der Waals surface area (Å²) >= 11 is 9.18. The summed E-state index contributed by atoms with van der Waals surface area (Å²) in [5.74, 6) is 0.514. The zero-order valence-corrected chi connectivity index (χ0v) is 10.1. The predicted molar refractivity (Wildman–Crippen MR) is 66.8 cm³/mol. The molecule has 76 valence electrons. The molecule has 0 saturated carbocycles. The van der Waals surface area contributed by atoms with Crippen molar-refractivity contribution in [2.45, 2.75) is 0 Å². The first-order chi connectivity index (χ1) is 7.16. The molecular formula is C11H8BrClN2. The van der Waals surface area contributed by atoms with E-state index in [1.165, 1.54) is 0 Å². The third kappa shape index (κ3) is 2.30. The number of aromatic nitrogens is 1. The Hall–Kier alpha value is -1.06. The molecule has 0 aliphatic carbocycles. The monoisotopic (exact) mass is 282 g/mol. The molecule has 15 heavy (non-hydrogen) atoms. The van der Waals surface area contributed by atoms with E-state index in [9.17, 15) is 0 Å². The molecule has 4 heteroatoms. The highest BCUT2D eigenvalue weighted by molar-refractivity contribution is 9.10. The van der Waals surface area contributed by atoms with Gasteiger partial charge in [0.1, 0.15) is 5.82 Å². The first-order valence-electron chi connectivity index (χ1n) is 4.34. The number of hydrogen-bond acceptors (Lipinski definition) is 2. The van der Waals surface area contributed by atoms with E-state index in [1.807, 2.05) is 30.3 Å². The van der Waals surface area contributed by atoms with Gasteiger partial charge in [0.15, 0.2) is 0 Å². The highest BCUT2D eigenvalue weighted by Gasteiger charge is 2.04. The van der Waals surface area contributed by atoms with Gasteiger partial charge >= 0.3 is 0 Å². The van der Waals surface area contributed by atoms with Crippen molar-refractivity contribution < 1.29 is 0 Å². The van der Waals surface area contributed by atoms with Gasteiger partial charge in [-0.1, -0.05) is 23.7 Å². The van der Waals surface area contributed by atoms with Crippen molar-refractivity contribution >= 4 is 33.3 Å². The largest absolute Gasteiger partial charge is 0.383 e. The molecule has 2 aromatic rings. The van der Waals surface area contributed by atoms with E-state index in [-0.39, 0.29) is 0 Å². The van der Waals surface area contributed by atoms with E-state index >= 15 is 0 Å². The minimum absolute atomic E-state index is 0.514. The summed E-state index contributed by atoms with van der Waals surface area (Å²) in [5, 5.41) is 0.709. The zero-order chi connectivity index (χ0) is 10.8. The van der Waals surface area contributed by atoms with Crippen molar-refractivity contribution in [3.63, 3.8) is 0 Å². The fourth-order valence-electron chi connectivity index (χ4n) is 1.31. The van der Waals surface area contributed by atoms with Crippen molar-refractivity contribution in [2.24, 2.45) is 0 Å². The van der Waals surface area contributed by atoms with Gasteiger partial charge in [-0.15, -0.1) is 0 Å². The summed E-state index contributed by atoms with van der Waals surface area (Å²) in [6.07, 6.45) is 1.68. The van der Waals surface area contributed by atoms with Gasteiger partial charge in [-0.3, -0.25) is 0 Å². The second-order valence-corrected chi connectivity index (χ2v) is 4.45. The average Bonchev–Trinajstić information content (AvgIpc) is 2.23. The summed E-state index contributed by atoms with van der Waals surface area (Å²) in [6.45, 7) is 0. The first kappa shape index (κ1) is 10.5. The van der Waals surface area contributed by atoms with E-state index in [0.29, 0.717) is 10.8 Å². The Morgan fingerprint density at radius 2 is 1.87 bits per heavy atom. The van der Waals surface area contributed by atoms with E-state index in [1.54, 1.807) is 6.20 Å². The smallest absolute Gasteiger partial charge is 0.131 e. The Morgan fingerprint density at radius 1 is 1.20 bits per heavy atom. The number of hydrogen-bond donors (Lipinski definition) is 1. The third-order valence-corrected chi connectivity index (χ3v) is 2.73. The molecule has 0 fully saturated rings. The Morgan fingerprint density at radius 3 is 2.53 bits per heavy atom. The topological polar surface area (TPSA) is 38.9 Å². The molecule has 1 aromatic heterocycles. The lowest BCUT2D eigenvalue weighted by Gasteiger charge is -2.05. The van der Waals surface area contributed by atoms with E-state index < -0.39 is 0 Å². The van der Waals surface area contributed by atoms with Gasteiger partial charge in [0, 0.05) is 21.3 Å². The summed E-state index contributed by atoms with van der Waals surface area (Å²) in [5.41, 5.74) is 7.70. The van der Waals surface area contributed by atoms with E-state index in [2.05, 4.69) is 20.9 Å². The Balaban J connectivity index is 2.53. The van der Waals surface area contributed by atoms with Crippen LogP contribution in [0, 0.1) is 0 Å². The van der Waals surface area contributed by atoms with Gasteiger partial charge in [-0.2, -0.15) is 0 Å². The minimum atomic E-state index is 0.514. The maximum Gasteiger partial charge on any atom is 0.131 e. The lowest BCUT2D eigenvalue weighted by atomic mass is 10.1. The molecule has 2 rings (SSSR count). The molecule has 0 bridgehead atoms. The van der Waals surface area contributed by atoms with Crippen LogP contribution in [0.25, 0.3) is 11.1 Å². The molecule has 1 heterocycles. The summed E-state index contributed by atoms with van der Waals surface area (Å²) < 4.78 is 0.904. The number of pyridine rings is 1. The molecular weight excluding hydrogens is 275 g/mol. The lowest BCUT2D eigenvalue weighted by Crippen LogP contribution is -1.93. The molecule has 0 aliphatic rings. The van der Waals surface area contributed by atoms with E-state index in [0.717, 1.165) is 15.6 Å². The van der Waals surface area contributed by atoms with Gasteiger partial charge in [-0.25, -0.2) is 4.98 Å². The van der Waals surface area contributed by atoms with Crippen LogP contribution in [-0.4, -0.2) is 4.98 Å². The van der Waals surface area contributed by atoms with Crippen molar-refractivity contribution in [3.8, 4) is 11.1 Å². The molecule has 1 aromatic carbocycles. The molecule has 0 saturated heterocycles. The summed E-state index contributed by atoms with van der Waals surface area (Å²) in [4.78, 5) is 4.08. The van der Waals surface area contributed by atoms with Crippen LogP contribution in [-0.2, 0) is 0 Å². The number of anilines is 1. The molecule has 0 unspecified atom stereocenters. The molecule has 0 amide bonds. The van der Waals surface area contributed by atoms with Crippen molar-refractivity contribution in [2.75, 3.05) is 5.73 Å². The van der Waals surface area contributed by atoms with Crippen LogP contribution in [0.5, 0.6) is 0 Å². The first-order valence-corrected chi connectivity index (χ1v) is 5.51. The number of nitrogens with zero attached hydrogens (tertiary/aromatic N) is 1. The van der Waals surface area contributed by atoms with Crippen LogP contribution in [0.1, 0.15) is 0 Å². The number of halogens is 2. The molecule has 0 aliphatic heterocycles.